The van der Waals surface area contributed by atoms with E-state index in [0.29, 0.717) is 30.4 Å². The van der Waals surface area contributed by atoms with Crippen LogP contribution >= 0.6 is 11.6 Å². The lowest BCUT2D eigenvalue weighted by atomic mass is 10.3. The maximum atomic E-state index is 5.86. The van der Waals surface area contributed by atoms with Gasteiger partial charge in [-0.2, -0.15) is 4.98 Å². The summed E-state index contributed by atoms with van der Waals surface area (Å²) >= 11 is 5.76. The standard InChI is InChI=1S/C9H15ClN4O/c1-6-7(11)8(13-9(10)12-6)14(2)4-5-15-3/h4-5,11H2,1-3H3. The monoisotopic (exact) mass is 230 g/mol. The van der Waals surface area contributed by atoms with E-state index in [0.717, 1.165) is 0 Å². The van der Waals surface area contributed by atoms with Crippen molar-refractivity contribution < 1.29 is 4.74 Å². The molecule has 0 spiro atoms. The number of anilines is 2. The Hall–Kier alpha value is -1.07. The summed E-state index contributed by atoms with van der Waals surface area (Å²) < 4.78 is 4.98. The topological polar surface area (TPSA) is 64.3 Å². The van der Waals surface area contributed by atoms with Crippen molar-refractivity contribution in [1.29, 1.82) is 0 Å². The van der Waals surface area contributed by atoms with Crippen LogP contribution in [0, 0.1) is 6.92 Å². The van der Waals surface area contributed by atoms with E-state index in [-0.39, 0.29) is 5.28 Å². The molecule has 2 N–H and O–H groups in total. The predicted molar refractivity (Wildman–Crippen MR) is 61.3 cm³/mol. The van der Waals surface area contributed by atoms with Crippen LogP contribution in [-0.2, 0) is 4.74 Å². The molecule has 0 aromatic carbocycles. The van der Waals surface area contributed by atoms with Gasteiger partial charge >= 0.3 is 0 Å². The van der Waals surface area contributed by atoms with Crippen molar-refractivity contribution >= 4 is 23.1 Å². The van der Waals surface area contributed by atoms with E-state index < -0.39 is 0 Å². The quantitative estimate of drug-likeness (QED) is 0.785. The Morgan fingerprint density at radius 1 is 1.47 bits per heavy atom. The zero-order chi connectivity index (χ0) is 11.4. The van der Waals surface area contributed by atoms with Crippen molar-refractivity contribution in [2.24, 2.45) is 0 Å². The van der Waals surface area contributed by atoms with E-state index >= 15 is 0 Å². The highest BCUT2D eigenvalue weighted by Crippen LogP contribution is 2.23. The summed E-state index contributed by atoms with van der Waals surface area (Å²) in [4.78, 5) is 9.94. The number of nitrogens with zero attached hydrogens (tertiary/aromatic N) is 3. The number of aromatic nitrogens is 2. The van der Waals surface area contributed by atoms with Gasteiger partial charge in [-0.1, -0.05) is 0 Å². The van der Waals surface area contributed by atoms with Crippen LogP contribution in [0.3, 0.4) is 0 Å². The molecule has 0 aliphatic carbocycles. The van der Waals surface area contributed by atoms with E-state index in [1.165, 1.54) is 0 Å². The largest absolute Gasteiger partial charge is 0.394 e. The highest BCUT2D eigenvalue weighted by molar-refractivity contribution is 6.28. The minimum Gasteiger partial charge on any atom is -0.394 e. The van der Waals surface area contributed by atoms with E-state index in [1.807, 2.05) is 11.9 Å². The lowest BCUT2D eigenvalue weighted by molar-refractivity contribution is 0.206. The molecule has 1 aromatic heterocycles. The maximum absolute atomic E-state index is 5.86. The number of methoxy groups -OCH3 is 1. The lowest BCUT2D eigenvalue weighted by Gasteiger charge is -2.19. The molecule has 0 saturated heterocycles. The first-order valence-corrected chi connectivity index (χ1v) is 4.93. The summed E-state index contributed by atoms with van der Waals surface area (Å²) in [6.07, 6.45) is 0. The van der Waals surface area contributed by atoms with Crippen molar-refractivity contribution in [2.75, 3.05) is 37.9 Å². The number of hydrogen-bond donors (Lipinski definition) is 1. The fourth-order valence-electron chi connectivity index (χ4n) is 1.16. The van der Waals surface area contributed by atoms with Gasteiger partial charge in [0.2, 0.25) is 5.28 Å². The van der Waals surface area contributed by atoms with E-state index in [2.05, 4.69) is 9.97 Å². The number of nitrogen functional groups attached to an aromatic ring is 1. The second kappa shape index (κ2) is 5.14. The van der Waals surface area contributed by atoms with Crippen molar-refractivity contribution in [3.8, 4) is 0 Å². The fourth-order valence-corrected chi connectivity index (χ4v) is 1.36. The van der Waals surface area contributed by atoms with Crippen LogP contribution in [0.4, 0.5) is 11.5 Å². The molecule has 6 heteroatoms. The Bertz CT molecular complexity index is 345. The molecular weight excluding hydrogens is 216 g/mol. The molecule has 5 nitrogen and oxygen atoms in total. The lowest BCUT2D eigenvalue weighted by Crippen LogP contribution is -2.24. The average Bonchev–Trinajstić information content (AvgIpc) is 2.19. The number of hydrogen-bond acceptors (Lipinski definition) is 5. The number of likely N-dealkylation sites (N-methyl/N-ethyl adjacent to an activating group) is 1. The van der Waals surface area contributed by atoms with Crippen LogP contribution in [0.15, 0.2) is 0 Å². The normalized spacial score (nSPS) is 10.4. The third-order valence-electron chi connectivity index (χ3n) is 2.08. The predicted octanol–water partition coefficient (Wildman–Crippen LogP) is 1.10. The fraction of sp³-hybridized carbons (Fsp3) is 0.556. The van der Waals surface area contributed by atoms with Crippen LogP contribution < -0.4 is 10.6 Å². The Balaban J connectivity index is 2.92. The summed E-state index contributed by atoms with van der Waals surface area (Å²) in [5.41, 5.74) is 7.10. The van der Waals surface area contributed by atoms with Gasteiger partial charge in [0.15, 0.2) is 5.82 Å². The van der Waals surface area contributed by atoms with Gasteiger partial charge in [0.25, 0.3) is 0 Å². The first-order valence-electron chi connectivity index (χ1n) is 4.56. The zero-order valence-corrected chi connectivity index (χ0v) is 9.88. The molecule has 0 aliphatic rings. The first-order chi connectivity index (χ1) is 7.06. The van der Waals surface area contributed by atoms with Gasteiger partial charge in [-0.05, 0) is 18.5 Å². The Morgan fingerprint density at radius 3 is 2.73 bits per heavy atom. The summed E-state index contributed by atoms with van der Waals surface area (Å²) in [6.45, 7) is 3.11. The van der Waals surface area contributed by atoms with Crippen LogP contribution in [0.2, 0.25) is 5.28 Å². The van der Waals surface area contributed by atoms with Gasteiger partial charge in [-0.3, -0.25) is 0 Å². The molecule has 0 aliphatic heterocycles. The summed E-state index contributed by atoms with van der Waals surface area (Å²) in [6, 6.07) is 0. The van der Waals surface area contributed by atoms with Crippen molar-refractivity contribution in [2.45, 2.75) is 6.92 Å². The van der Waals surface area contributed by atoms with Gasteiger partial charge in [0.05, 0.1) is 18.0 Å². The first kappa shape index (κ1) is 12.0. The highest BCUT2D eigenvalue weighted by Gasteiger charge is 2.11. The van der Waals surface area contributed by atoms with Gasteiger partial charge in [-0.15, -0.1) is 0 Å². The molecule has 0 saturated carbocycles. The molecule has 15 heavy (non-hydrogen) atoms. The smallest absolute Gasteiger partial charge is 0.224 e. The van der Waals surface area contributed by atoms with Crippen molar-refractivity contribution in [3.63, 3.8) is 0 Å². The number of ether oxygens (including phenoxy) is 1. The third-order valence-corrected chi connectivity index (χ3v) is 2.25. The summed E-state index contributed by atoms with van der Waals surface area (Å²) in [5, 5.41) is 0.209. The maximum Gasteiger partial charge on any atom is 0.224 e. The minimum atomic E-state index is 0.209. The van der Waals surface area contributed by atoms with E-state index in [9.17, 15) is 0 Å². The number of halogens is 1. The average molecular weight is 231 g/mol. The SMILES string of the molecule is COCCN(C)c1nc(Cl)nc(C)c1N. The van der Waals surface area contributed by atoms with Crippen LogP contribution in [0.25, 0.3) is 0 Å². The molecule has 1 rings (SSSR count). The number of rotatable bonds is 4. The second-order valence-corrected chi connectivity index (χ2v) is 3.57. The molecular formula is C9H15ClN4O. The van der Waals surface area contributed by atoms with E-state index in [4.69, 9.17) is 22.1 Å². The van der Waals surface area contributed by atoms with Gasteiger partial charge in [0.1, 0.15) is 0 Å². The zero-order valence-electron chi connectivity index (χ0n) is 9.12. The minimum absolute atomic E-state index is 0.209. The van der Waals surface area contributed by atoms with Crippen molar-refractivity contribution in [3.05, 3.63) is 11.0 Å². The third kappa shape index (κ3) is 2.94. The molecule has 0 radical (unpaired) electrons. The number of aryl methyl sites for hydroxylation is 1. The highest BCUT2D eigenvalue weighted by atomic mass is 35.5. The van der Waals surface area contributed by atoms with Gasteiger partial charge < -0.3 is 15.4 Å². The number of nitrogens with two attached hydrogens (primary N) is 1. The summed E-state index contributed by atoms with van der Waals surface area (Å²) in [5.74, 6) is 0.643. The molecule has 1 heterocycles. The van der Waals surface area contributed by atoms with Crippen molar-refractivity contribution in [1.82, 2.24) is 9.97 Å². The Morgan fingerprint density at radius 2 is 2.13 bits per heavy atom. The van der Waals surface area contributed by atoms with Gasteiger partial charge in [0, 0.05) is 20.7 Å². The second-order valence-electron chi connectivity index (χ2n) is 3.23. The summed E-state index contributed by atoms with van der Waals surface area (Å²) in [7, 11) is 3.53. The van der Waals surface area contributed by atoms with Crippen LogP contribution in [-0.4, -0.2) is 37.3 Å². The molecule has 0 atom stereocenters. The van der Waals surface area contributed by atoms with E-state index in [1.54, 1.807) is 14.0 Å². The van der Waals surface area contributed by atoms with Gasteiger partial charge in [-0.25, -0.2) is 4.98 Å². The molecule has 0 fully saturated rings. The molecule has 0 unspecified atom stereocenters. The molecule has 1 aromatic rings. The molecule has 84 valence electrons. The Kier molecular flexibility index (Phi) is 4.11. The molecule has 0 bridgehead atoms. The van der Waals surface area contributed by atoms with Crippen LogP contribution in [0.1, 0.15) is 5.69 Å². The molecule has 0 amide bonds. The van der Waals surface area contributed by atoms with Crippen LogP contribution in [0.5, 0.6) is 0 Å². The Labute approximate surface area is 94.2 Å².